The Labute approximate surface area is 129 Å². The molecule has 0 unspecified atom stereocenters. The Bertz CT molecular complexity index is 707. The van der Waals surface area contributed by atoms with Gasteiger partial charge in [0.25, 0.3) is 0 Å². The van der Waals surface area contributed by atoms with Crippen molar-refractivity contribution in [1.82, 2.24) is 4.98 Å². The van der Waals surface area contributed by atoms with Crippen molar-refractivity contribution in [2.45, 2.75) is 9.92 Å². The van der Waals surface area contributed by atoms with E-state index >= 15 is 0 Å². The third-order valence-corrected chi connectivity index (χ3v) is 4.30. The molecule has 21 heavy (non-hydrogen) atoms. The summed E-state index contributed by atoms with van der Waals surface area (Å²) < 4.78 is 11.0. The Morgan fingerprint density at radius 1 is 1.24 bits per heavy atom. The molecule has 0 saturated carbocycles. The molecule has 3 rings (SSSR count). The molecular formula is C14H10ClNO4S. The molecule has 1 aromatic heterocycles. The second kappa shape index (κ2) is 5.83. The summed E-state index contributed by atoms with van der Waals surface area (Å²) >= 11 is 7.35. The van der Waals surface area contributed by atoms with E-state index in [0.29, 0.717) is 29.7 Å². The van der Waals surface area contributed by atoms with Crippen molar-refractivity contribution in [2.24, 2.45) is 0 Å². The Kier molecular flexibility index (Phi) is 3.90. The van der Waals surface area contributed by atoms with Gasteiger partial charge in [-0.15, -0.1) is 0 Å². The third kappa shape index (κ3) is 2.91. The van der Waals surface area contributed by atoms with E-state index in [2.05, 4.69) is 4.98 Å². The lowest BCUT2D eigenvalue weighted by molar-refractivity contribution is 0.0696. The molecule has 1 N–H and O–H groups in total. The van der Waals surface area contributed by atoms with E-state index in [1.165, 1.54) is 24.0 Å². The molecule has 2 aromatic rings. The number of aromatic nitrogens is 1. The van der Waals surface area contributed by atoms with E-state index in [1.54, 1.807) is 0 Å². The van der Waals surface area contributed by atoms with Gasteiger partial charge in [-0.2, -0.15) is 0 Å². The first-order chi connectivity index (χ1) is 10.1. The zero-order valence-electron chi connectivity index (χ0n) is 10.7. The van der Waals surface area contributed by atoms with E-state index < -0.39 is 5.97 Å². The molecule has 0 aliphatic carbocycles. The van der Waals surface area contributed by atoms with Gasteiger partial charge in [0.2, 0.25) is 0 Å². The van der Waals surface area contributed by atoms with Crippen molar-refractivity contribution in [1.29, 1.82) is 0 Å². The molecule has 1 aliphatic heterocycles. The summed E-state index contributed by atoms with van der Waals surface area (Å²) in [7, 11) is 0. The average Bonchev–Trinajstić information content (AvgIpc) is 2.49. The monoisotopic (exact) mass is 323 g/mol. The minimum Gasteiger partial charge on any atom is -0.486 e. The summed E-state index contributed by atoms with van der Waals surface area (Å²) in [6.07, 6.45) is 1.43. The van der Waals surface area contributed by atoms with Crippen molar-refractivity contribution < 1.29 is 19.4 Å². The quantitative estimate of drug-likeness (QED) is 0.934. The first kappa shape index (κ1) is 14.0. The first-order valence-corrected chi connectivity index (χ1v) is 7.30. The summed E-state index contributed by atoms with van der Waals surface area (Å²) in [4.78, 5) is 16.0. The van der Waals surface area contributed by atoms with Gasteiger partial charge in [-0.05, 0) is 24.3 Å². The zero-order valence-corrected chi connectivity index (χ0v) is 12.3. The number of ether oxygens (including phenoxy) is 2. The predicted octanol–water partition coefficient (Wildman–Crippen LogP) is 3.36. The molecule has 0 amide bonds. The molecule has 5 nitrogen and oxygen atoms in total. The highest BCUT2D eigenvalue weighted by atomic mass is 35.5. The van der Waals surface area contributed by atoms with Crippen LogP contribution in [-0.2, 0) is 0 Å². The molecule has 7 heteroatoms. The number of pyridine rings is 1. The van der Waals surface area contributed by atoms with E-state index in [9.17, 15) is 4.79 Å². The van der Waals surface area contributed by atoms with Crippen molar-refractivity contribution in [3.8, 4) is 11.5 Å². The van der Waals surface area contributed by atoms with E-state index in [4.69, 9.17) is 26.2 Å². The third-order valence-electron chi connectivity index (χ3n) is 2.82. The minimum absolute atomic E-state index is 0.0340. The number of fused-ring (bicyclic) bond motifs is 1. The van der Waals surface area contributed by atoms with Crippen LogP contribution in [0.25, 0.3) is 0 Å². The molecule has 0 atom stereocenters. The normalized spacial score (nSPS) is 13.0. The highest BCUT2D eigenvalue weighted by Gasteiger charge is 2.16. The van der Waals surface area contributed by atoms with E-state index in [0.717, 1.165) is 4.90 Å². The number of carboxylic acids is 1. The van der Waals surface area contributed by atoms with Crippen molar-refractivity contribution in [3.05, 3.63) is 41.0 Å². The number of hydrogen-bond donors (Lipinski definition) is 1. The summed E-state index contributed by atoms with van der Waals surface area (Å²) in [5, 5.41) is 9.62. The van der Waals surface area contributed by atoms with Crippen LogP contribution in [0.1, 0.15) is 10.4 Å². The van der Waals surface area contributed by atoms with Gasteiger partial charge < -0.3 is 14.6 Å². The van der Waals surface area contributed by atoms with Crippen LogP contribution in [0.5, 0.6) is 11.5 Å². The Morgan fingerprint density at radius 3 is 2.76 bits per heavy atom. The molecule has 0 spiro atoms. The van der Waals surface area contributed by atoms with Crippen LogP contribution >= 0.6 is 23.4 Å². The number of nitrogens with zero attached hydrogens (tertiary/aromatic N) is 1. The van der Waals surface area contributed by atoms with Crippen LogP contribution in [0, 0.1) is 0 Å². The number of halogens is 1. The van der Waals surface area contributed by atoms with Crippen LogP contribution in [0.15, 0.2) is 40.4 Å². The lowest BCUT2D eigenvalue weighted by Crippen LogP contribution is -2.15. The fourth-order valence-corrected chi connectivity index (χ4v) is 3.01. The predicted molar refractivity (Wildman–Crippen MR) is 77.8 cm³/mol. The molecular weight excluding hydrogens is 314 g/mol. The molecule has 0 fully saturated rings. The number of benzene rings is 1. The Morgan fingerprint density at radius 2 is 2.00 bits per heavy atom. The van der Waals surface area contributed by atoms with Crippen LogP contribution in [0.3, 0.4) is 0 Å². The number of rotatable bonds is 3. The van der Waals surface area contributed by atoms with Crippen molar-refractivity contribution in [3.63, 3.8) is 0 Å². The topological polar surface area (TPSA) is 68.7 Å². The largest absolute Gasteiger partial charge is 0.486 e. The van der Waals surface area contributed by atoms with Gasteiger partial charge in [-0.3, -0.25) is 0 Å². The van der Waals surface area contributed by atoms with Crippen LogP contribution in [0.4, 0.5) is 0 Å². The van der Waals surface area contributed by atoms with Gasteiger partial charge in [-0.25, -0.2) is 9.78 Å². The van der Waals surface area contributed by atoms with Gasteiger partial charge >= 0.3 is 5.97 Å². The van der Waals surface area contributed by atoms with E-state index in [1.807, 2.05) is 18.2 Å². The summed E-state index contributed by atoms with van der Waals surface area (Å²) in [6.45, 7) is 1.04. The highest BCUT2D eigenvalue weighted by molar-refractivity contribution is 7.99. The van der Waals surface area contributed by atoms with Crippen LogP contribution < -0.4 is 9.47 Å². The van der Waals surface area contributed by atoms with Gasteiger partial charge in [0.05, 0.1) is 10.6 Å². The Hall–Kier alpha value is -1.92. The van der Waals surface area contributed by atoms with Gasteiger partial charge in [0, 0.05) is 11.1 Å². The number of carbonyl (C=O) groups is 1. The summed E-state index contributed by atoms with van der Waals surface area (Å²) in [5.74, 6) is 0.284. The standard InChI is InChI=1S/C14H10ClNO4S/c15-12-9(14(17)18)3-4-16-13(12)21-8-1-2-10-11(7-8)20-6-5-19-10/h1-4,7H,5-6H2,(H,17,18). The maximum atomic E-state index is 11.1. The number of aromatic carboxylic acids is 1. The van der Waals surface area contributed by atoms with Gasteiger partial charge in [0.15, 0.2) is 11.5 Å². The second-order valence-corrected chi connectivity index (χ2v) is 5.63. The summed E-state index contributed by atoms with van der Waals surface area (Å²) in [5.41, 5.74) is 0.0340. The fourth-order valence-electron chi connectivity index (χ4n) is 1.86. The molecule has 0 saturated heterocycles. The molecule has 1 aromatic carbocycles. The molecule has 2 heterocycles. The number of hydrogen-bond acceptors (Lipinski definition) is 5. The fraction of sp³-hybridized carbons (Fsp3) is 0.143. The minimum atomic E-state index is -1.08. The molecule has 108 valence electrons. The molecule has 0 radical (unpaired) electrons. The average molecular weight is 324 g/mol. The zero-order chi connectivity index (χ0) is 14.8. The van der Waals surface area contributed by atoms with E-state index in [-0.39, 0.29) is 10.6 Å². The lowest BCUT2D eigenvalue weighted by Gasteiger charge is -2.18. The maximum Gasteiger partial charge on any atom is 0.337 e. The van der Waals surface area contributed by atoms with Crippen LogP contribution in [-0.4, -0.2) is 29.3 Å². The van der Waals surface area contributed by atoms with Crippen molar-refractivity contribution >= 4 is 29.3 Å². The SMILES string of the molecule is O=C(O)c1ccnc(Sc2ccc3c(c2)OCCO3)c1Cl. The second-order valence-electron chi connectivity index (χ2n) is 4.19. The summed E-state index contributed by atoms with van der Waals surface area (Å²) in [6, 6.07) is 6.86. The molecule has 0 bridgehead atoms. The molecule has 1 aliphatic rings. The van der Waals surface area contributed by atoms with Gasteiger partial charge in [-0.1, -0.05) is 23.4 Å². The maximum absolute atomic E-state index is 11.1. The van der Waals surface area contributed by atoms with Crippen LogP contribution in [0.2, 0.25) is 5.02 Å². The number of carboxylic acid groups (broad SMARTS) is 1. The Balaban J connectivity index is 1.90. The van der Waals surface area contributed by atoms with Gasteiger partial charge in [0.1, 0.15) is 18.2 Å². The lowest BCUT2D eigenvalue weighted by atomic mass is 10.3. The first-order valence-electron chi connectivity index (χ1n) is 6.10. The smallest absolute Gasteiger partial charge is 0.337 e. The highest BCUT2D eigenvalue weighted by Crippen LogP contribution is 2.38. The van der Waals surface area contributed by atoms with Crippen molar-refractivity contribution in [2.75, 3.05) is 13.2 Å².